The van der Waals surface area contributed by atoms with E-state index in [0.717, 1.165) is 20.9 Å². The number of rotatable bonds is 8. The number of nitrogens with zero attached hydrogens (tertiary/aromatic N) is 3. The molecule has 7 nitrogen and oxygen atoms in total. The lowest BCUT2D eigenvalue weighted by atomic mass is 10.0. The Morgan fingerprint density at radius 1 is 1.16 bits per heavy atom. The van der Waals surface area contributed by atoms with Crippen LogP contribution in [0.5, 0.6) is 5.75 Å². The second-order valence-electron chi connectivity index (χ2n) is 9.27. The van der Waals surface area contributed by atoms with Crippen LogP contribution < -0.4 is 4.74 Å². The number of hydrogen-bond donors (Lipinski definition) is 1. The quantitative estimate of drug-likeness (QED) is 0.212. The molecule has 0 bridgehead atoms. The highest BCUT2D eigenvalue weighted by atomic mass is 35.5. The molecule has 2 aromatic carbocycles. The molecule has 0 atom stereocenters. The van der Waals surface area contributed by atoms with Crippen LogP contribution in [0.3, 0.4) is 0 Å². The number of ether oxygens (including phenoxy) is 2. The molecule has 38 heavy (non-hydrogen) atoms. The zero-order chi connectivity index (χ0) is 27.1. The molecule has 1 fully saturated rings. The number of hydrogen-bond acceptors (Lipinski definition) is 7. The van der Waals surface area contributed by atoms with Gasteiger partial charge < -0.3 is 14.6 Å². The summed E-state index contributed by atoms with van der Waals surface area (Å²) < 4.78 is 13.6. The minimum Gasteiger partial charge on any atom is -0.486 e. The summed E-state index contributed by atoms with van der Waals surface area (Å²) in [5, 5.41) is 16.6. The minimum atomic E-state index is -1.10. The van der Waals surface area contributed by atoms with Crippen LogP contribution in [-0.4, -0.2) is 50.4 Å². The summed E-state index contributed by atoms with van der Waals surface area (Å²) in [5.74, 6) is -0.426. The van der Waals surface area contributed by atoms with Gasteiger partial charge in [-0.05, 0) is 49.2 Å². The number of carboxylic acid groups (broad SMARTS) is 1. The molecule has 1 aliphatic heterocycles. The number of benzene rings is 2. The molecular formula is C27H25Cl2N3O4S2. The molecule has 0 saturated carbocycles. The Labute approximate surface area is 238 Å². The summed E-state index contributed by atoms with van der Waals surface area (Å²) in [7, 11) is 0. The lowest BCUT2D eigenvalue weighted by Crippen LogP contribution is -2.38. The molecule has 198 valence electrons. The topological polar surface area (TPSA) is 86.5 Å². The fourth-order valence-electron chi connectivity index (χ4n) is 4.15. The van der Waals surface area contributed by atoms with Crippen molar-refractivity contribution in [3.05, 3.63) is 63.4 Å². The Morgan fingerprint density at radius 3 is 2.55 bits per heavy atom. The van der Waals surface area contributed by atoms with Crippen molar-refractivity contribution in [1.82, 2.24) is 14.8 Å². The molecule has 0 spiro atoms. The third-order valence-corrected chi connectivity index (χ3v) is 8.80. The molecule has 2 aromatic heterocycles. The molecule has 1 N–H and O–H groups in total. The lowest BCUT2D eigenvalue weighted by Gasteiger charge is -2.27. The first-order chi connectivity index (χ1) is 18.1. The molecule has 0 amide bonds. The van der Waals surface area contributed by atoms with Gasteiger partial charge in [-0.25, -0.2) is 9.78 Å². The van der Waals surface area contributed by atoms with Crippen molar-refractivity contribution < 1.29 is 19.4 Å². The summed E-state index contributed by atoms with van der Waals surface area (Å²) in [4.78, 5) is 17.5. The Balaban J connectivity index is 1.64. The smallest absolute Gasteiger partial charge is 0.355 e. The van der Waals surface area contributed by atoms with Gasteiger partial charge in [-0.1, -0.05) is 60.5 Å². The van der Waals surface area contributed by atoms with Crippen molar-refractivity contribution in [3.63, 3.8) is 0 Å². The normalized spacial score (nSPS) is 13.7. The van der Waals surface area contributed by atoms with Gasteiger partial charge in [0.25, 0.3) is 0 Å². The first-order valence-corrected chi connectivity index (χ1v) is 14.4. The average Bonchev–Trinajstić information content (AvgIpc) is 3.38. The van der Waals surface area contributed by atoms with Gasteiger partial charge in [-0.3, -0.25) is 0 Å². The van der Waals surface area contributed by atoms with Gasteiger partial charge in [0.2, 0.25) is 5.13 Å². The lowest BCUT2D eigenvalue weighted by molar-refractivity contribution is -0.0796. The number of carboxylic acids is 1. The zero-order valence-corrected chi connectivity index (χ0v) is 24.3. The third kappa shape index (κ3) is 5.44. The minimum absolute atomic E-state index is 0.000552. The van der Waals surface area contributed by atoms with E-state index in [0.29, 0.717) is 51.1 Å². The van der Waals surface area contributed by atoms with Crippen LogP contribution in [0.4, 0.5) is 0 Å². The van der Waals surface area contributed by atoms with Gasteiger partial charge in [0.1, 0.15) is 11.9 Å². The fraction of sp³-hybridized carbons (Fsp3) is 0.296. The third-order valence-electron chi connectivity index (χ3n) is 5.81. The second kappa shape index (κ2) is 10.9. The summed E-state index contributed by atoms with van der Waals surface area (Å²) >= 11 is 15.5. The monoisotopic (exact) mass is 589 g/mol. The van der Waals surface area contributed by atoms with E-state index in [1.807, 2.05) is 31.2 Å². The highest BCUT2D eigenvalue weighted by Crippen LogP contribution is 2.42. The van der Waals surface area contributed by atoms with E-state index >= 15 is 0 Å². The van der Waals surface area contributed by atoms with Crippen molar-refractivity contribution in [3.8, 4) is 33.3 Å². The predicted molar refractivity (Wildman–Crippen MR) is 153 cm³/mol. The molecular weight excluding hydrogens is 565 g/mol. The molecule has 4 aromatic rings. The highest BCUT2D eigenvalue weighted by molar-refractivity contribution is 8.01. The zero-order valence-electron chi connectivity index (χ0n) is 21.1. The van der Waals surface area contributed by atoms with E-state index in [1.54, 1.807) is 30.8 Å². The van der Waals surface area contributed by atoms with Crippen molar-refractivity contribution in [2.45, 2.75) is 43.3 Å². The van der Waals surface area contributed by atoms with Crippen LogP contribution in [0.1, 0.15) is 35.6 Å². The highest BCUT2D eigenvalue weighted by Gasteiger charge is 2.28. The van der Waals surface area contributed by atoms with Crippen molar-refractivity contribution >= 4 is 52.3 Å². The van der Waals surface area contributed by atoms with Gasteiger partial charge in [-0.15, -0.1) is 11.8 Å². The number of aryl methyl sites for hydroxylation is 2. The maximum atomic E-state index is 12.7. The summed E-state index contributed by atoms with van der Waals surface area (Å²) in [6.07, 6.45) is -0.000552. The van der Waals surface area contributed by atoms with E-state index < -0.39 is 5.97 Å². The maximum absolute atomic E-state index is 12.7. The second-order valence-corrected chi connectivity index (χ2v) is 12.9. The van der Waals surface area contributed by atoms with Crippen LogP contribution in [0.15, 0.2) is 40.6 Å². The van der Waals surface area contributed by atoms with E-state index in [1.165, 1.54) is 16.0 Å². The Kier molecular flexibility index (Phi) is 7.75. The number of aromatic carboxylic acids is 1. The molecule has 1 saturated heterocycles. The Morgan fingerprint density at radius 2 is 1.92 bits per heavy atom. The Hall–Kier alpha value is -2.56. The summed E-state index contributed by atoms with van der Waals surface area (Å²) in [6.45, 7) is 9.03. The average molecular weight is 591 g/mol. The number of thioether (sulfide) groups is 1. The van der Waals surface area contributed by atoms with Crippen molar-refractivity contribution in [1.29, 1.82) is 0 Å². The van der Waals surface area contributed by atoms with E-state index in [-0.39, 0.29) is 17.0 Å². The van der Waals surface area contributed by atoms with Crippen LogP contribution in [0, 0.1) is 13.8 Å². The molecule has 11 heteroatoms. The van der Waals surface area contributed by atoms with Gasteiger partial charge in [0.05, 0.1) is 38.9 Å². The van der Waals surface area contributed by atoms with Gasteiger partial charge in [0, 0.05) is 16.4 Å². The fourth-order valence-corrected chi connectivity index (χ4v) is 6.93. The van der Waals surface area contributed by atoms with E-state index in [4.69, 9.17) is 37.7 Å². The first-order valence-electron chi connectivity index (χ1n) is 11.9. The molecule has 3 heterocycles. The van der Waals surface area contributed by atoms with E-state index in [2.05, 4.69) is 18.9 Å². The number of carbonyl (C=O) groups is 1. The predicted octanol–water partition coefficient (Wildman–Crippen LogP) is 7.56. The SMILES string of the molecule is Cc1cc(OC2COC2)cc(-c2c(C)nn(-c3nc(-c4ccc(Cl)c(Cl)c4)c(SC(C)C)s3)c2C(=O)O)c1. The van der Waals surface area contributed by atoms with Gasteiger partial charge in [-0.2, -0.15) is 9.78 Å². The van der Waals surface area contributed by atoms with E-state index in [9.17, 15) is 9.90 Å². The number of aromatic nitrogens is 3. The van der Waals surface area contributed by atoms with Crippen molar-refractivity contribution in [2.24, 2.45) is 0 Å². The molecule has 0 aliphatic carbocycles. The number of halogens is 2. The van der Waals surface area contributed by atoms with Crippen LogP contribution in [0.25, 0.3) is 27.5 Å². The molecule has 0 unspecified atom stereocenters. The number of thiazole rings is 1. The first kappa shape index (κ1) is 27.0. The van der Waals surface area contributed by atoms with Crippen LogP contribution >= 0.6 is 46.3 Å². The summed E-state index contributed by atoms with van der Waals surface area (Å²) in [5.41, 5.74) is 4.33. The molecule has 5 rings (SSSR count). The maximum Gasteiger partial charge on any atom is 0.355 e. The largest absolute Gasteiger partial charge is 0.486 e. The van der Waals surface area contributed by atoms with Crippen LogP contribution in [-0.2, 0) is 4.74 Å². The summed E-state index contributed by atoms with van der Waals surface area (Å²) in [6, 6.07) is 11.1. The molecule has 0 radical (unpaired) electrons. The van der Waals surface area contributed by atoms with Crippen molar-refractivity contribution in [2.75, 3.05) is 13.2 Å². The van der Waals surface area contributed by atoms with Crippen LogP contribution in [0.2, 0.25) is 10.0 Å². The van der Waals surface area contributed by atoms with Gasteiger partial charge in [0.15, 0.2) is 5.69 Å². The Bertz CT molecular complexity index is 1530. The van der Waals surface area contributed by atoms with Gasteiger partial charge >= 0.3 is 5.97 Å². The molecule has 1 aliphatic rings. The standard InChI is InChI=1S/C27H25Cl2N3O4S2/c1-13(2)37-26-23(16-5-6-20(28)21(29)10-16)30-27(38-26)32-24(25(33)34)22(15(4)31-32)17-7-14(3)8-18(9-17)36-19-11-35-12-19/h5-10,13,19H,11-12H2,1-4H3,(H,33,34).